The molecule has 3 rings (SSSR count). The van der Waals surface area contributed by atoms with Crippen molar-refractivity contribution < 1.29 is 0 Å². The van der Waals surface area contributed by atoms with Gasteiger partial charge in [-0.3, -0.25) is 4.44 Å². The third kappa shape index (κ3) is 6.37. The van der Waals surface area contributed by atoms with Gasteiger partial charge in [-0.2, -0.15) is 0 Å². The van der Waals surface area contributed by atoms with Gasteiger partial charge in [0, 0.05) is 18.9 Å². The summed E-state index contributed by atoms with van der Waals surface area (Å²) in [6, 6.07) is 22.5. The first-order chi connectivity index (χ1) is 14.3. The number of benzene rings is 2. The largest absolute Gasteiger partial charge is 0.259 e. The maximum Gasteiger partial charge on any atom is 0.00656 e. The van der Waals surface area contributed by atoms with Gasteiger partial charge in [0.25, 0.3) is 0 Å². The standard InChI is InChI=1S/C26H39NP2/c1-4-7-20-27(29-25(5-2)18-19-26(29)6-3)28(21-23-14-10-8-11-15-23)22-24-16-12-9-13-17-24/h8-17,25-26H,4-7,18-22H2,1-3H3/t25-,26-/m1/s1. The van der Waals surface area contributed by atoms with Gasteiger partial charge in [0.15, 0.2) is 0 Å². The van der Waals surface area contributed by atoms with Crippen molar-refractivity contribution in [3.63, 3.8) is 0 Å². The van der Waals surface area contributed by atoms with Crippen LogP contribution in [0.1, 0.15) is 70.4 Å². The fraction of sp³-hybridized carbons (Fsp3) is 0.538. The summed E-state index contributed by atoms with van der Waals surface area (Å²) in [6.45, 7) is 8.53. The van der Waals surface area contributed by atoms with E-state index in [0.717, 1.165) is 11.3 Å². The number of unbranched alkanes of at least 4 members (excludes halogenated alkanes) is 1. The van der Waals surface area contributed by atoms with Crippen LogP contribution in [0.15, 0.2) is 60.7 Å². The summed E-state index contributed by atoms with van der Waals surface area (Å²) in [5.74, 6) is 0. The van der Waals surface area contributed by atoms with E-state index in [2.05, 4.69) is 85.9 Å². The minimum atomic E-state index is -0.202. The van der Waals surface area contributed by atoms with Crippen LogP contribution in [0.25, 0.3) is 0 Å². The molecule has 1 nitrogen and oxygen atoms in total. The average molecular weight is 428 g/mol. The molecule has 0 saturated carbocycles. The van der Waals surface area contributed by atoms with E-state index < -0.39 is 0 Å². The van der Waals surface area contributed by atoms with E-state index in [0.29, 0.717) is 0 Å². The molecule has 1 fully saturated rings. The van der Waals surface area contributed by atoms with Crippen LogP contribution in [0.4, 0.5) is 0 Å². The Labute approximate surface area is 181 Å². The van der Waals surface area contributed by atoms with E-state index in [4.69, 9.17) is 0 Å². The minimum Gasteiger partial charge on any atom is -0.259 e. The molecule has 0 spiro atoms. The molecule has 1 heterocycles. The molecule has 0 bridgehead atoms. The number of hydrogen-bond acceptors (Lipinski definition) is 1. The Morgan fingerprint density at radius 3 is 1.69 bits per heavy atom. The maximum absolute atomic E-state index is 3.10. The Balaban J connectivity index is 1.92. The van der Waals surface area contributed by atoms with E-state index >= 15 is 0 Å². The monoisotopic (exact) mass is 427 g/mol. The molecule has 29 heavy (non-hydrogen) atoms. The summed E-state index contributed by atoms with van der Waals surface area (Å²) in [6.07, 6.45) is 10.8. The molecule has 0 N–H and O–H groups in total. The quantitative estimate of drug-likeness (QED) is 0.324. The fourth-order valence-corrected chi connectivity index (χ4v) is 12.5. The van der Waals surface area contributed by atoms with Crippen LogP contribution in [-0.2, 0) is 12.3 Å². The maximum atomic E-state index is 3.10. The lowest BCUT2D eigenvalue weighted by molar-refractivity contribution is 0.618. The molecule has 0 radical (unpaired) electrons. The van der Waals surface area contributed by atoms with Crippen LogP contribution >= 0.6 is 16.1 Å². The van der Waals surface area contributed by atoms with E-state index in [1.165, 1.54) is 68.5 Å². The lowest BCUT2D eigenvalue weighted by Gasteiger charge is -2.42. The fourth-order valence-electron chi connectivity index (χ4n) is 4.62. The van der Waals surface area contributed by atoms with Crippen molar-refractivity contribution in [2.24, 2.45) is 0 Å². The van der Waals surface area contributed by atoms with E-state index in [1.807, 2.05) is 0 Å². The Bertz CT molecular complexity index is 637. The van der Waals surface area contributed by atoms with E-state index in [1.54, 1.807) is 0 Å². The second-order valence-corrected chi connectivity index (χ2v) is 13.5. The van der Waals surface area contributed by atoms with Gasteiger partial charge in [-0.1, -0.05) is 87.9 Å². The zero-order valence-electron chi connectivity index (χ0n) is 18.6. The molecule has 3 heteroatoms. The Hall–Kier alpha value is -0.740. The van der Waals surface area contributed by atoms with Crippen molar-refractivity contribution in [1.29, 1.82) is 0 Å². The molecule has 0 aromatic heterocycles. The number of nitrogens with zero attached hydrogens (tertiary/aromatic N) is 1. The summed E-state index contributed by atoms with van der Waals surface area (Å²) in [4.78, 5) is 0. The van der Waals surface area contributed by atoms with Crippen LogP contribution in [0.3, 0.4) is 0 Å². The second-order valence-electron chi connectivity index (χ2n) is 8.32. The highest BCUT2D eigenvalue weighted by molar-refractivity contribution is 7.70. The average Bonchev–Trinajstić information content (AvgIpc) is 3.18. The lowest BCUT2D eigenvalue weighted by atomic mass is 10.1. The summed E-state index contributed by atoms with van der Waals surface area (Å²) in [5.41, 5.74) is 4.93. The first-order valence-corrected chi connectivity index (χ1v) is 14.7. The van der Waals surface area contributed by atoms with Gasteiger partial charge >= 0.3 is 0 Å². The number of rotatable bonds is 11. The first-order valence-electron chi connectivity index (χ1n) is 11.6. The molecule has 1 saturated heterocycles. The van der Waals surface area contributed by atoms with Crippen LogP contribution < -0.4 is 0 Å². The highest BCUT2D eigenvalue weighted by atomic mass is 31.2. The molecule has 2 aromatic rings. The Kier molecular flexibility index (Phi) is 9.65. The van der Waals surface area contributed by atoms with Crippen molar-refractivity contribution in [3.05, 3.63) is 71.8 Å². The molecule has 0 aliphatic carbocycles. The number of hydrogen-bond donors (Lipinski definition) is 0. The summed E-state index contributed by atoms with van der Waals surface area (Å²) >= 11 is 0. The molecular formula is C26H39NP2. The molecule has 1 aliphatic rings. The van der Waals surface area contributed by atoms with Crippen LogP contribution in [0, 0.1) is 0 Å². The Morgan fingerprint density at radius 2 is 1.28 bits per heavy atom. The van der Waals surface area contributed by atoms with Crippen LogP contribution in [0.2, 0.25) is 0 Å². The van der Waals surface area contributed by atoms with Crippen molar-refractivity contribution >= 4 is 16.1 Å². The summed E-state index contributed by atoms with van der Waals surface area (Å²) < 4.78 is 3.10. The van der Waals surface area contributed by atoms with Crippen molar-refractivity contribution in [2.75, 3.05) is 6.54 Å². The van der Waals surface area contributed by atoms with Crippen LogP contribution in [-0.4, -0.2) is 22.3 Å². The van der Waals surface area contributed by atoms with Crippen molar-refractivity contribution in [2.45, 2.75) is 82.9 Å². The predicted octanol–water partition coefficient (Wildman–Crippen LogP) is 8.63. The minimum absolute atomic E-state index is 0.0168. The topological polar surface area (TPSA) is 3.24 Å². The summed E-state index contributed by atoms with van der Waals surface area (Å²) in [7, 11) is -0.219. The van der Waals surface area contributed by atoms with Gasteiger partial charge in [0.1, 0.15) is 0 Å². The van der Waals surface area contributed by atoms with Gasteiger partial charge in [-0.05, 0) is 70.7 Å². The molecule has 1 aliphatic heterocycles. The second kappa shape index (κ2) is 12.2. The zero-order valence-corrected chi connectivity index (χ0v) is 20.4. The van der Waals surface area contributed by atoms with E-state index in [9.17, 15) is 0 Å². The van der Waals surface area contributed by atoms with Crippen molar-refractivity contribution in [3.8, 4) is 0 Å². The molecule has 0 amide bonds. The van der Waals surface area contributed by atoms with Crippen LogP contribution in [0.5, 0.6) is 0 Å². The highest BCUT2D eigenvalue weighted by Crippen LogP contribution is 2.69. The molecule has 0 unspecified atom stereocenters. The normalized spacial score (nSPS) is 20.0. The molecular weight excluding hydrogens is 388 g/mol. The Morgan fingerprint density at radius 1 is 0.793 bits per heavy atom. The first kappa shape index (κ1) is 22.9. The van der Waals surface area contributed by atoms with E-state index in [-0.39, 0.29) is 16.1 Å². The predicted molar refractivity (Wildman–Crippen MR) is 133 cm³/mol. The molecule has 2 atom stereocenters. The molecule has 2 aromatic carbocycles. The summed E-state index contributed by atoms with van der Waals surface area (Å²) in [5, 5.41) is 0. The third-order valence-electron chi connectivity index (χ3n) is 6.24. The SMILES string of the molecule is CCCCN(P(Cc1ccccc1)Cc1ccccc1)P1[C@H](CC)CC[C@H]1CC. The van der Waals surface area contributed by atoms with Gasteiger partial charge in [-0.15, -0.1) is 0 Å². The van der Waals surface area contributed by atoms with Gasteiger partial charge in [0.05, 0.1) is 0 Å². The lowest BCUT2D eigenvalue weighted by Crippen LogP contribution is -2.23. The van der Waals surface area contributed by atoms with Crippen molar-refractivity contribution in [1.82, 2.24) is 4.44 Å². The smallest absolute Gasteiger partial charge is 0.00656 e. The molecule has 158 valence electrons. The van der Waals surface area contributed by atoms with Gasteiger partial charge < -0.3 is 0 Å². The van der Waals surface area contributed by atoms with Gasteiger partial charge in [0.2, 0.25) is 0 Å². The zero-order chi connectivity index (χ0) is 20.5. The highest BCUT2D eigenvalue weighted by Gasteiger charge is 2.40. The van der Waals surface area contributed by atoms with Gasteiger partial charge in [-0.25, -0.2) is 0 Å². The third-order valence-corrected chi connectivity index (χ3v) is 13.4.